The van der Waals surface area contributed by atoms with Crippen LogP contribution in [0, 0.1) is 0 Å². The van der Waals surface area contributed by atoms with E-state index in [-0.39, 0.29) is 13.4 Å². The van der Waals surface area contributed by atoms with E-state index in [4.69, 9.17) is 19.8 Å². The number of carbonyl (C=O) groups excluding carboxylic acids is 1. The quantitative estimate of drug-likeness (QED) is 0.515. The minimum absolute atomic E-state index is 0. The average Bonchev–Trinajstić information content (AvgIpc) is 1.82. The zero-order valence-electron chi connectivity index (χ0n) is 8.31. The summed E-state index contributed by atoms with van der Waals surface area (Å²) in [6, 6.07) is 0. The molecule has 0 aromatic heterocycles. The van der Waals surface area contributed by atoms with Crippen LogP contribution < -0.4 is 0 Å². The molecule has 0 saturated heterocycles. The largest absolute Gasteiger partial charge is 0.481 e. The van der Waals surface area contributed by atoms with Gasteiger partial charge in [-0.15, -0.1) is 0 Å². The van der Waals surface area contributed by atoms with Crippen LogP contribution in [0.3, 0.4) is 0 Å². The molecule has 0 unspecified atom stereocenters. The first-order valence-corrected chi connectivity index (χ1v) is 3.41. The number of carbonyl (C=O) groups is 3. The first-order chi connectivity index (χ1) is 6.23. The average molecular weight is 222 g/mol. The summed E-state index contributed by atoms with van der Waals surface area (Å²) in [7, 11) is 0. The lowest BCUT2D eigenvalue weighted by Crippen LogP contribution is -1.87. The fraction of sp³-hybridized carbons (Fsp3) is 0.444. The van der Waals surface area contributed by atoms with Gasteiger partial charge in [0.1, 0.15) is 0 Å². The monoisotopic (exact) mass is 222 g/mol. The van der Waals surface area contributed by atoms with Gasteiger partial charge in [-0.2, -0.15) is 0 Å². The molecule has 6 nitrogen and oxygen atoms in total. The number of carboxylic acid groups (broad SMARTS) is 2. The van der Waals surface area contributed by atoms with Crippen molar-refractivity contribution in [3.63, 3.8) is 0 Å². The summed E-state index contributed by atoms with van der Waals surface area (Å²) in [6.45, 7) is 6.65. The molecule has 90 valence electrons. The van der Waals surface area contributed by atoms with E-state index in [1.165, 1.54) is 6.92 Å². The molecule has 0 saturated carbocycles. The lowest BCUT2D eigenvalue weighted by atomic mass is 10.8. The van der Waals surface area contributed by atoms with Gasteiger partial charge in [0.2, 0.25) is 0 Å². The molecule has 0 fully saturated rings. The molecule has 0 bridgehead atoms. The smallest absolute Gasteiger partial charge is 0.307 e. The van der Waals surface area contributed by atoms with Gasteiger partial charge in [-0.3, -0.25) is 14.4 Å². The maximum Gasteiger partial charge on any atom is 0.307 e. The first-order valence-electron chi connectivity index (χ1n) is 3.41. The van der Waals surface area contributed by atoms with Gasteiger partial charge in [0.15, 0.2) is 0 Å². The van der Waals surface area contributed by atoms with Gasteiger partial charge in [0, 0.05) is 20.8 Å². The molecular weight excluding hydrogens is 204 g/mol. The van der Waals surface area contributed by atoms with Gasteiger partial charge in [0.05, 0.1) is 6.26 Å². The standard InChI is InChI=1S/C4H6O2.2C2H4O2.CH4/c1-3-6-4(2)5;2*1-2(3)4;/h3H,1H2,2H3;2*1H3,(H,3,4);1H4. The van der Waals surface area contributed by atoms with Crippen molar-refractivity contribution < 1.29 is 29.3 Å². The van der Waals surface area contributed by atoms with Crippen LogP contribution in [0.4, 0.5) is 0 Å². The molecule has 0 aliphatic carbocycles. The van der Waals surface area contributed by atoms with E-state index in [0.29, 0.717) is 0 Å². The van der Waals surface area contributed by atoms with Crippen LogP contribution >= 0.6 is 0 Å². The Bertz CT molecular complexity index is 177. The third-order valence-electron chi connectivity index (χ3n) is 0.249. The number of hydrogen-bond donors (Lipinski definition) is 2. The van der Waals surface area contributed by atoms with Gasteiger partial charge in [-0.25, -0.2) is 0 Å². The van der Waals surface area contributed by atoms with Gasteiger partial charge >= 0.3 is 5.97 Å². The van der Waals surface area contributed by atoms with E-state index in [2.05, 4.69) is 11.3 Å². The summed E-state index contributed by atoms with van der Waals surface area (Å²) in [6.07, 6.45) is 1.10. The Balaban J connectivity index is -0.0000000606. The summed E-state index contributed by atoms with van der Waals surface area (Å²) in [4.78, 5) is 27.8. The number of aliphatic carboxylic acids is 2. The van der Waals surface area contributed by atoms with Crippen LogP contribution in [0.5, 0.6) is 0 Å². The number of esters is 1. The predicted molar refractivity (Wildman–Crippen MR) is 55.3 cm³/mol. The minimum Gasteiger partial charge on any atom is -0.481 e. The molecule has 0 rings (SSSR count). The van der Waals surface area contributed by atoms with Gasteiger partial charge in [0.25, 0.3) is 11.9 Å². The fourth-order valence-electron chi connectivity index (χ4n) is 0.117. The molecule has 0 aromatic carbocycles. The van der Waals surface area contributed by atoms with Crippen LogP contribution in [-0.2, 0) is 19.1 Å². The first kappa shape index (κ1) is 23.2. The maximum absolute atomic E-state index is 9.75. The maximum atomic E-state index is 9.75. The highest BCUT2D eigenvalue weighted by Crippen LogP contribution is 1.70. The number of carboxylic acids is 2. The third kappa shape index (κ3) is 946. The molecule has 2 N–H and O–H groups in total. The van der Waals surface area contributed by atoms with Crippen molar-refractivity contribution in [1.29, 1.82) is 0 Å². The van der Waals surface area contributed by atoms with E-state index in [1.54, 1.807) is 0 Å². The summed E-state index contributed by atoms with van der Waals surface area (Å²) < 4.78 is 4.17. The van der Waals surface area contributed by atoms with Crippen LogP contribution in [0.1, 0.15) is 28.2 Å². The Morgan fingerprint density at radius 3 is 1.27 bits per heavy atom. The van der Waals surface area contributed by atoms with Crippen molar-refractivity contribution >= 4 is 17.9 Å². The molecular formula is C9H18O6. The van der Waals surface area contributed by atoms with Crippen molar-refractivity contribution in [2.75, 3.05) is 0 Å². The SMILES string of the molecule is C.C=COC(C)=O.CC(=O)O.CC(=O)O. The number of hydrogen-bond acceptors (Lipinski definition) is 4. The summed E-state index contributed by atoms with van der Waals surface area (Å²) in [5.74, 6) is -2.00. The highest BCUT2D eigenvalue weighted by Gasteiger charge is 1.79. The molecule has 0 aliphatic rings. The summed E-state index contributed by atoms with van der Waals surface area (Å²) in [5, 5.41) is 14.8. The minimum atomic E-state index is -0.833. The molecule has 0 aromatic rings. The second-order valence-electron chi connectivity index (χ2n) is 1.81. The Morgan fingerprint density at radius 2 is 1.27 bits per heavy atom. The van der Waals surface area contributed by atoms with E-state index >= 15 is 0 Å². The lowest BCUT2D eigenvalue weighted by Gasteiger charge is -1.83. The van der Waals surface area contributed by atoms with Crippen molar-refractivity contribution in [2.45, 2.75) is 28.2 Å². The van der Waals surface area contributed by atoms with E-state index in [0.717, 1.165) is 20.1 Å². The highest BCUT2D eigenvalue weighted by molar-refractivity contribution is 5.66. The second kappa shape index (κ2) is 18.0. The Morgan fingerprint density at radius 1 is 1.07 bits per heavy atom. The van der Waals surface area contributed by atoms with Crippen molar-refractivity contribution in [2.24, 2.45) is 0 Å². The predicted octanol–water partition coefficient (Wildman–Crippen LogP) is 1.51. The normalized spacial score (nSPS) is 6.07. The zero-order chi connectivity index (χ0) is 12.1. The number of rotatable bonds is 1. The van der Waals surface area contributed by atoms with E-state index < -0.39 is 11.9 Å². The number of ether oxygens (including phenoxy) is 1. The topological polar surface area (TPSA) is 101 Å². The highest BCUT2D eigenvalue weighted by atomic mass is 16.5. The molecule has 0 radical (unpaired) electrons. The lowest BCUT2D eigenvalue weighted by molar-refractivity contribution is -0.136. The second-order valence-corrected chi connectivity index (χ2v) is 1.81. The molecule has 0 heterocycles. The van der Waals surface area contributed by atoms with Crippen molar-refractivity contribution in [3.05, 3.63) is 12.8 Å². The van der Waals surface area contributed by atoms with Crippen LogP contribution in [-0.4, -0.2) is 28.1 Å². The molecule has 6 heteroatoms. The Hall–Kier alpha value is -1.85. The van der Waals surface area contributed by atoms with Crippen molar-refractivity contribution in [3.8, 4) is 0 Å². The fourth-order valence-corrected chi connectivity index (χ4v) is 0.117. The van der Waals surface area contributed by atoms with Crippen LogP contribution in [0.2, 0.25) is 0 Å². The van der Waals surface area contributed by atoms with Crippen molar-refractivity contribution in [1.82, 2.24) is 0 Å². The van der Waals surface area contributed by atoms with Crippen LogP contribution in [0.15, 0.2) is 12.8 Å². The molecule has 0 spiro atoms. The molecule has 0 atom stereocenters. The van der Waals surface area contributed by atoms with E-state index in [1.807, 2.05) is 0 Å². The molecule has 0 aliphatic heterocycles. The van der Waals surface area contributed by atoms with Gasteiger partial charge in [-0.1, -0.05) is 14.0 Å². The summed E-state index contributed by atoms with van der Waals surface area (Å²) in [5.41, 5.74) is 0. The Labute approximate surface area is 89.2 Å². The zero-order valence-corrected chi connectivity index (χ0v) is 8.31. The third-order valence-corrected chi connectivity index (χ3v) is 0.249. The summed E-state index contributed by atoms with van der Waals surface area (Å²) >= 11 is 0. The van der Waals surface area contributed by atoms with Crippen LogP contribution in [0.25, 0.3) is 0 Å². The molecule has 15 heavy (non-hydrogen) atoms. The molecule has 0 amide bonds. The Kier molecular flexibility index (Phi) is 27.9. The van der Waals surface area contributed by atoms with Gasteiger partial charge in [-0.05, 0) is 0 Å². The van der Waals surface area contributed by atoms with E-state index in [9.17, 15) is 4.79 Å². The van der Waals surface area contributed by atoms with Gasteiger partial charge < -0.3 is 14.9 Å².